The second kappa shape index (κ2) is 9.05. The van der Waals surface area contributed by atoms with Crippen LogP contribution in [0.15, 0.2) is 59.5 Å². The summed E-state index contributed by atoms with van der Waals surface area (Å²) in [7, 11) is -2.23. The fraction of sp³-hybridized carbons (Fsp3) is 0.409. The maximum atomic E-state index is 12.9. The zero-order valence-electron chi connectivity index (χ0n) is 17.3. The SMILES string of the molecule is CO[C@H](C(=O)NC1CCC2NNC(c3cccc(S(N)(=O)=O)c3)C2C1)c1ccccc1. The van der Waals surface area contributed by atoms with E-state index < -0.39 is 16.1 Å². The van der Waals surface area contributed by atoms with Gasteiger partial charge in [-0.15, -0.1) is 0 Å². The number of fused-ring (bicyclic) bond motifs is 1. The van der Waals surface area contributed by atoms with Crippen molar-refractivity contribution >= 4 is 15.9 Å². The number of rotatable bonds is 6. The average Bonchev–Trinajstić information content (AvgIpc) is 3.18. The molecular weight excluding hydrogens is 416 g/mol. The molecular formula is C22H28N4O4S. The molecule has 2 aromatic rings. The zero-order valence-corrected chi connectivity index (χ0v) is 18.1. The van der Waals surface area contributed by atoms with E-state index in [0.717, 1.165) is 30.4 Å². The van der Waals surface area contributed by atoms with Crippen LogP contribution in [-0.2, 0) is 19.6 Å². The van der Waals surface area contributed by atoms with Crippen molar-refractivity contribution in [2.75, 3.05) is 7.11 Å². The Kier molecular flexibility index (Phi) is 6.40. The summed E-state index contributed by atoms with van der Waals surface area (Å²) in [6.45, 7) is 0. The second-order valence-corrected chi connectivity index (χ2v) is 9.76. The molecule has 5 N–H and O–H groups in total. The molecule has 5 atom stereocenters. The van der Waals surface area contributed by atoms with E-state index >= 15 is 0 Å². The van der Waals surface area contributed by atoms with Crippen LogP contribution in [0.2, 0.25) is 0 Å². The normalized spacial score (nSPS) is 26.8. The minimum absolute atomic E-state index is 0.0146. The maximum Gasteiger partial charge on any atom is 0.253 e. The van der Waals surface area contributed by atoms with Gasteiger partial charge in [0.15, 0.2) is 6.10 Å². The standard InChI is InChI=1S/C22H28N4O4S/c1-30-21(14-6-3-2-4-7-14)22(27)24-16-10-11-19-18(13-16)20(26-25-19)15-8-5-9-17(12-15)31(23,28)29/h2-9,12,16,18-21,25-26H,10-11,13H2,1H3,(H,24,27)(H2,23,28,29)/t16?,18?,19?,20?,21-/m0/s1. The van der Waals surface area contributed by atoms with E-state index in [-0.39, 0.29) is 34.8 Å². The lowest BCUT2D eigenvalue weighted by Gasteiger charge is -2.34. The van der Waals surface area contributed by atoms with E-state index in [1.165, 1.54) is 13.2 Å². The first-order valence-electron chi connectivity index (χ1n) is 10.4. The molecule has 4 unspecified atom stereocenters. The summed E-state index contributed by atoms with van der Waals surface area (Å²) in [5, 5.41) is 8.45. The molecule has 2 fully saturated rings. The molecule has 31 heavy (non-hydrogen) atoms. The summed E-state index contributed by atoms with van der Waals surface area (Å²) in [6, 6.07) is 16.3. The molecule has 1 aliphatic carbocycles. The predicted molar refractivity (Wildman–Crippen MR) is 116 cm³/mol. The topological polar surface area (TPSA) is 123 Å². The number of benzene rings is 2. The first kappa shape index (κ1) is 21.9. The average molecular weight is 445 g/mol. The lowest BCUT2D eigenvalue weighted by molar-refractivity contribution is -0.132. The molecule has 8 nitrogen and oxygen atoms in total. The van der Waals surface area contributed by atoms with Gasteiger partial charge in [0.05, 0.1) is 10.9 Å². The van der Waals surface area contributed by atoms with Crippen molar-refractivity contribution in [1.82, 2.24) is 16.2 Å². The number of primary sulfonamides is 1. The summed E-state index contributed by atoms with van der Waals surface area (Å²) in [5.74, 6) is 0.0522. The lowest BCUT2D eigenvalue weighted by Crippen LogP contribution is -2.45. The van der Waals surface area contributed by atoms with Crippen molar-refractivity contribution in [2.45, 2.75) is 48.4 Å². The summed E-state index contributed by atoms with van der Waals surface area (Å²) in [5.41, 5.74) is 8.31. The van der Waals surface area contributed by atoms with Gasteiger partial charge in [-0.05, 0) is 48.4 Å². The van der Waals surface area contributed by atoms with E-state index in [9.17, 15) is 13.2 Å². The highest BCUT2D eigenvalue weighted by atomic mass is 32.2. The molecule has 0 spiro atoms. The van der Waals surface area contributed by atoms with Gasteiger partial charge in [-0.1, -0.05) is 42.5 Å². The van der Waals surface area contributed by atoms with E-state index in [4.69, 9.17) is 9.88 Å². The number of nitrogens with one attached hydrogen (secondary N) is 3. The quantitative estimate of drug-likeness (QED) is 0.536. The van der Waals surface area contributed by atoms with Crippen molar-refractivity contribution in [1.29, 1.82) is 0 Å². The van der Waals surface area contributed by atoms with Crippen LogP contribution in [0, 0.1) is 5.92 Å². The fourth-order valence-electron chi connectivity index (χ4n) is 4.70. The summed E-state index contributed by atoms with van der Waals surface area (Å²) in [6.07, 6.45) is 1.88. The van der Waals surface area contributed by atoms with Gasteiger partial charge in [-0.25, -0.2) is 19.0 Å². The van der Waals surface area contributed by atoms with E-state index in [1.807, 2.05) is 36.4 Å². The molecule has 0 aromatic heterocycles. The highest BCUT2D eigenvalue weighted by molar-refractivity contribution is 7.89. The first-order valence-corrected chi connectivity index (χ1v) is 11.9. The van der Waals surface area contributed by atoms with Gasteiger partial charge >= 0.3 is 0 Å². The number of hydrogen-bond acceptors (Lipinski definition) is 6. The van der Waals surface area contributed by atoms with Gasteiger partial charge in [0.25, 0.3) is 5.91 Å². The van der Waals surface area contributed by atoms with Crippen LogP contribution in [0.3, 0.4) is 0 Å². The van der Waals surface area contributed by atoms with Crippen LogP contribution >= 0.6 is 0 Å². The van der Waals surface area contributed by atoms with Crippen LogP contribution in [0.1, 0.15) is 42.5 Å². The van der Waals surface area contributed by atoms with Crippen molar-refractivity contribution in [3.63, 3.8) is 0 Å². The third kappa shape index (κ3) is 4.81. The van der Waals surface area contributed by atoms with Crippen LogP contribution in [-0.4, -0.2) is 33.5 Å². The number of hydrogen-bond donors (Lipinski definition) is 4. The van der Waals surface area contributed by atoms with Crippen molar-refractivity contribution in [3.8, 4) is 0 Å². The summed E-state index contributed by atoms with van der Waals surface area (Å²) in [4.78, 5) is 13.0. The van der Waals surface area contributed by atoms with Gasteiger partial charge in [0.1, 0.15) is 0 Å². The Labute approximate surface area is 182 Å². The number of methoxy groups -OCH3 is 1. The second-order valence-electron chi connectivity index (χ2n) is 8.20. The van der Waals surface area contributed by atoms with Crippen LogP contribution in [0.25, 0.3) is 0 Å². The molecule has 2 aliphatic rings. The molecule has 166 valence electrons. The number of amides is 1. The van der Waals surface area contributed by atoms with Crippen molar-refractivity contribution < 1.29 is 17.9 Å². The minimum atomic E-state index is -3.77. The molecule has 1 amide bonds. The monoisotopic (exact) mass is 444 g/mol. The Morgan fingerprint density at radius 3 is 2.61 bits per heavy atom. The number of carbonyl (C=O) groups excluding carboxylic acids is 1. The molecule has 0 radical (unpaired) electrons. The summed E-state index contributed by atoms with van der Waals surface area (Å²) < 4.78 is 29.0. The molecule has 1 aliphatic heterocycles. The maximum absolute atomic E-state index is 12.9. The molecule has 4 rings (SSSR count). The van der Waals surface area contributed by atoms with Crippen LogP contribution in [0.4, 0.5) is 0 Å². The molecule has 0 bridgehead atoms. The smallest absolute Gasteiger partial charge is 0.253 e. The van der Waals surface area contributed by atoms with Gasteiger partial charge in [-0.2, -0.15) is 0 Å². The third-order valence-corrected chi connectivity index (χ3v) is 7.13. The Balaban J connectivity index is 1.47. The van der Waals surface area contributed by atoms with Gasteiger partial charge < -0.3 is 10.1 Å². The van der Waals surface area contributed by atoms with E-state index in [2.05, 4.69) is 16.2 Å². The number of sulfonamides is 1. The highest BCUT2D eigenvalue weighted by Gasteiger charge is 2.41. The summed E-state index contributed by atoms with van der Waals surface area (Å²) >= 11 is 0. The molecule has 2 aromatic carbocycles. The van der Waals surface area contributed by atoms with Crippen molar-refractivity contribution in [2.24, 2.45) is 11.1 Å². The van der Waals surface area contributed by atoms with E-state index in [1.54, 1.807) is 12.1 Å². The highest BCUT2D eigenvalue weighted by Crippen LogP contribution is 2.38. The lowest BCUT2D eigenvalue weighted by atomic mass is 9.77. The molecule has 1 heterocycles. The van der Waals surface area contributed by atoms with Gasteiger partial charge in [0, 0.05) is 19.2 Å². The third-order valence-electron chi connectivity index (χ3n) is 6.22. The predicted octanol–water partition coefficient (Wildman–Crippen LogP) is 1.52. The Bertz CT molecular complexity index is 1030. The molecule has 1 saturated carbocycles. The van der Waals surface area contributed by atoms with Gasteiger partial charge in [-0.3, -0.25) is 10.2 Å². The Hall–Kier alpha value is -2.30. The number of ether oxygens (including phenoxy) is 1. The molecule has 9 heteroatoms. The van der Waals surface area contributed by atoms with Gasteiger partial charge in [0.2, 0.25) is 10.0 Å². The van der Waals surface area contributed by atoms with Crippen LogP contribution in [0.5, 0.6) is 0 Å². The minimum Gasteiger partial charge on any atom is -0.367 e. The first-order chi connectivity index (χ1) is 14.9. The Morgan fingerprint density at radius 2 is 1.90 bits per heavy atom. The number of hydrazine groups is 1. The van der Waals surface area contributed by atoms with E-state index in [0.29, 0.717) is 0 Å². The van der Waals surface area contributed by atoms with Crippen LogP contribution < -0.4 is 21.3 Å². The fourth-order valence-corrected chi connectivity index (χ4v) is 5.27. The van der Waals surface area contributed by atoms with Crippen molar-refractivity contribution in [3.05, 3.63) is 65.7 Å². The number of carbonyl (C=O) groups is 1. The zero-order chi connectivity index (χ0) is 22.0. The Morgan fingerprint density at radius 1 is 1.13 bits per heavy atom. The largest absolute Gasteiger partial charge is 0.367 e. The molecule has 1 saturated heterocycles. The number of nitrogens with two attached hydrogens (primary N) is 1.